The second-order valence-electron chi connectivity index (χ2n) is 5.71. The fourth-order valence-corrected chi connectivity index (χ4v) is 2.59. The van der Waals surface area contributed by atoms with E-state index in [1.807, 2.05) is 47.1 Å². The highest BCUT2D eigenvalue weighted by molar-refractivity contribution is 5.94. The number of rotatable bonds is 7. The Labute approximate surface area is 146 Å². The van der Waals surface area contributed by atoms with Gasteiger partial charge in [0.25, 0.3) is 5.91 Å². The third-order valence-corrected chi connectivity index (χ3v) is 3.85. The van der Waals surface area contributed by atoms with Gasteiger partial charge in [0, 0.05) is 42.5 Å². The van der Waals surface area contributed by atoms with E-state index in [2.05, 4.69) is 27.3 Å². The SMILES string of the molecule is CCCn1ncnc1-c1ccc(C(=O)NCCc2ccccn2)cc1. The lowest BCUT2D eigenvalue weighted by molar-refractivity contribution is 0.0954. The minimum absolute atomic E-state index is 0.0856. The average molecular weight is 335 g/mol. The highest BCUT2D eigenvalue weighted by Crippen LogP contribution is 2.17. The summed E-state index contributed by atoms with van der Waals surface area (Å²) in [5, 5.41) is 7.15. The molecule has 2 aromatic heterocycles. The molecule has 25 heavy (non-hydrogen) atoms. The molecular formula is C19H21N5O. The molecule has 0 saturated heterocycles. The predicted molar refractivity (Wildman–Crippen MR) is 96.0 cm³/mol. The van der Waals surface area contributed by atoms with Crippen LogP contribution in [0.15, 0.2) is 55.0 Å². The summed E-state index contributed by atoms with van der Waals surface area (Å²) in [5.41, 5.74) is 2.55. The second kappa shape index (κ2) is 8.19. The second-order valence-corrected chi connectivity index (χ2v) is 5.71. The van der Waals surface area contributed by atoms with Crippen molar-refractivity contribution >= 4 is 5.91 Å². The molecule has 0 spiro atoms. The zero-order chi connectivity index (χ0) is 17.5. The van der Waals surface area contributed by atoms with Gasteiger partial charge < -0.3 is 5.32 Å². The fourth-order valence-electron chi connectivity index (χ4n) is 2.59. The number of aryl methyl sites for hydroxylation is 1. The first-order valence-corrected chi connectivity index (χ1v) is 8.44. The molecule has 0 aliphatic rings. The average Bonchev–Trinajstić information content (AvgIpc) is 3.11. The summed E-state index contributed by atoms with van der Waals surface area (Å²) in [5.74, 6) is 0.737. The van der Waals surface area contributed by atoms with Gasteiger partial charge in [0.15, 0.2) is 5.82 Å². The summed E-state index contributed by atoms with van der Waals surface area (Å²) in [6.07, 6.45) is 5.02. The molecule has 128 valence electrons. The van der Waals surface area contributed by atoms with Crippen LogP contribution in [0.5, 0.6) is 0 Å². The normalized spacial score (nSPS) is 10.6. The molecule has 1 amide bonds. The van der Waals surface area contributed by atoms with Gasteiger partial charge in [-0.2, -0.15) is 5.10 Å². The van der Waals surface area contributed by atoms with Crippen molar-refractivity contribution in [1.29, 1.82) is 0 Å². The Morgan fingerprint density at radius 1 is 1.12 bits per heavy atom. The van der Waals surface area contributed by atoms with Crippen molar-refractivity contribution in [2.75, 3.05) is 6.54 Å². The monoisotopic (exact) mass is 335 g/mol. The van der Waals surface area contributed by atoms with Crippen LogP contribution < -0.4 is 5.32 Å². The first-order chi connectivity index (χ1) is 12.3. The van der Waals surface area contributed by atoms with E-state index < -0.39 is 0 Å². The Kier molecular flexibility index (Phi) is 5.51. The van der Waals surface area contributed by atoms with Gasteiger partial charge in [-0.25, -0.2) is 9.67 Å². The number of pyridine rings is 1. The van der Waals surface area contributed by atoms with Gasteiger partial charge in [0.1, 0.15) is 6.33 Å². The maximum absolute atomic E-state index is 12.2. The van der Waals surface area contributed by atoms with Gasteiger partial charge in [0.2, 0.25) is 0 Å². The fraction of sp³-hybridized carbons (Fsp3) is 0.263. The molecule has 6 nitrogen and oxygen atoms in total. The third kappa shape index (κ3) is 4.29. The Balaban J connectivity index is 1.59. The Morgan fingerprint density at radius 2 is 1.96 bits per heavy atom. The number of hydrogen-bond acceptors (Lipinski definition) is 4. The number of amides is 1. The summed E-state index contributed by atoms with van der Waals surface area (Å²) in [6, 6.07) is 13.2. The zero-order valence-corrected chi connectivity index (χ0v) is 14.2. The van der Waals surface area contributed by atoms with E-state index in [0.29, 0.717) is 18.5 Å². The predicted octanol–water partition coefficient (Wildman–Crippen LogP) is 2.72. The van der Waals surface area contributed by atoms with Crippen molar-refractivity contribution in [3.63, 3.8) is 0 Å². The van der Waals surface area contributed by atoms with Crippen molar-refractivity contribution < 1.29 is 4.79 Å². The number of nitrogens with zero attached hydrogens (tertiary/aromatic N) is 4. The number of benzene rings is 1. The van der Waals surface area contributed by atoms with Gasteiger partial charge in [-0.15, -0.1) is 0 Å². The van der Waals surface area contributed by atoms with Crippen LogP contribution in [0, 0.1) is 0 Å². The molecule has 0 aliphatic carbocycles. The van der Waals surface area contributed by atoms with Gasteiger partial charge in [-0.1, -0.05) is 25.1 Å². The Morgan fingerprint density at radius 3 is 2.68 bits per heavy atom. The molecule has 0 unspecified atom stereocenters. The molecule has 1 N–H and O–H groups in total. The van der Waals surface area contributed by atoms with Gasteiger partial charge in [-0.3, -0.25) is 9.78 Å². The molecule has 3 aromatic rings. The van der Waals surface area contributed by atoms with Gasteiger partial charge in [0.05, 0.1) is 0 Å². The van der Waals surface area contributed by atoms with E-state index in [0.717, 1.165) is 30.0 Å². The lowest BCUT2D eigenvalue weighted by Crippen LogP contribution is -2.25. The van der Waals surface area contributed by atoms with Crippen LogP contribution in [-0.2, 0) is 13.0 Å². The summed E-state index contributed by atoms with van der Waals surface area (Å²) < 4.78 is 1.88. The van der Waals surface area contributed by atoms with Crippen LogP contribution in [0.4, 0.5) is 0 Å². The smallest absolute Gasteiger partial charge is 0.251 e. The summed E-state index contributed by atoms with van der Waals surface area (Å²) in [4.78, 5) is 20.8. The Hall–Kier alpha value is -3.02. The van der Waals surface area contributed by atoms with E-state index in [1.165, 1.54) is 0 Å². The highest BCUT2D eigenvalue weighted by atomic mass is 16.1. The number of hydrogen-bond donors (Lipinski definition) is 1. The maximum Gasteiger partial charge on any atom is 0.251 e. The molecule has 2 heterocycles. The quantitative estimate of drug-likeness (QED) is 0.720. The molecule has 0 bridgehead atoms. The minimum Gasteiger partial charge on any atom is -0.352 e. The number of carbonyl (C=O) groups is 1. The largest absolute Gasteiger partial charge is 0.352 e. The number of carbonyl (C=O) groups excluding carboxylic acids is 1. The van der Waals surface area contributed by atoms with Crippen LogP contribution in [0.2, 0.25) is 0 Å². The van der Waals surface area contributed by atoms with Gasteiger partial charge >= 0.3 is 0 Å². The summed E-state index contributed by atoms with van der Waals surface area (Å²) in [7, 11) is 0. The van der Waals surface area contributed by atoms with E-state index in [9.17, 15) is 4.79 Å². The van der Waals surface area contributed by atoms with Crippen LogP contribution in [0.25, 0.3) is 11.4 Å². The molecular weight excluding hydrogens is 314 g/mol. The van der Waals surface area contributed by atoms with Crippen LogP contribution in [0.3, 0.4) is 0 Å². The Bertz CT molecular complexity index is 811. The molecule has 6 heteroatoms. The summed E-state index contributed by atoms with van der Waals surface area (Å²) >= 11 is 0. The first kappa shape index (κ1) is 16.8. The molecule has 0 atom stereocenters. The molecule has 0 saturated carbocycles. The summed E-state index contributed by atoms with van der Waals surface area (Å²) in [6.45, 7) is 3.48. The molecule has 0 radical (unpaired) electrons. The number of aromatic nitrogens is 4. The van der Waals surface area contributed by atoms with Crippen molar-refractivity contribution in [2.24, 2.45) is 0 Å². The van der Waals surface area contributed by atoms with E-state index in [-0.39, 0.29) is 5.91 Å². The first-order valence-electron chi connectivity index (χ1n) is 8.44. The standard InChI is InChI=1S/C19H21N5O/c1-2-13-24-18(22-14-23-24)15-6-8-16(9-7-15)19(25)21-12-10-17-5-3-4-11-20-17/h3-9,11,14H,2,10,12-13H2,1H3,(H,21,25). The maximum atomic E-state index is 12.2. The highest BCUT2D eigenvalue weighted by Gasteiger charge is 2.09. The van der Waals surface area contributed by atoms with Crippen molar-refractivity contribution in [1.82, 2.24) is 25.1 Å². The van der Waals surface area contributed by atoms with Crippen LogP contribution in [0.1, 0.15) is 29.4 Å². The van der Waals surface area contributed by atoms with E-state index in [1.54, 1.807) is 12.5 Å². The number of nitrogens with one attached hydrogen (secondary N) is 1. The molecule has 1 aromatic carbocycles. The molecule has 0 fully saturated rings. The van der Waals surface area contributed by atoms with Crippen molar-refractivity contribution in [3.05, 3.63) is 66.2 Å². The van der Waals surface area contributed by atoms with Crippen molar-refractivity contribution in [3.8, 4) is 11.4 Å². The molecule has 0 aliphatic heterocycles. The van der Waals surface area contributed by atoms with Crippen LogP contribution in [-0.4, -0.2) is 32.2 Å². The zero-order valence-electron chi connectivity index (χ0n) is 14.2. The van der Waals surface area contributed by atoms with Crippen LogP contribution >= 0.6 is 0 Å². The van der Waals surface area contributed by atoms with Crippen molar-refractivity contribution in [2.45, 2.75) is 26.3 Å². The van der Waals surface area contributed by atoms with E-state index in [4.69, 9.17) is 0 Å². The van der Waals surface area contributed by atoms with Gasteiger partial charge in [-0.05, 0) is 30.7 Å². The third-order valence-electron chi connectivity index (χ3n) is 3.85. The lowest BCUT2D eigenvalue weighted by Gasteiger charge is -2.07. The minimum atomic E-state index is -0.0856. The lowest BCUT2D eigenvalue weighted by atomic mass is 10.1. The van der Waals surface area contributed by atoms with E-state index >= 15 is 0 Å². The topological polar surface area (TPSA) is 72.7 Å². The molecule has 3 rings (SSSR count).